The molecular weight excluding hydrogens is 160 g/mol. The minimum Gasteiger partial charge on any atom is -0.397 e. The summed E-state index contributed by atoms with van der Waals surface area (Å²) in [7, 11) is 1.90. The minimum absolute atomic E-state index is 0.453. The summed E-state index contributed by atoms with van der Waals surface area (Å²) < 4.78 is 0. The van der Waals surface area contributed by atoms with Crippen LogP contribution in [0.15, 0.2) is 24.3 Å². The summed E-state index contributed by atoms with van der Waals surface area (Å²) in [5.74, 6) is 0. The average Bonchev–Trinajstić information content (AvgIpc) is 2.04. The van der Waals surface area contributed by atoms with Crippen LogP contribution in [0, 0.1) is 0 Å². The van der Waals surface area contributed by atoms with Crippen LogP contribution in [0.1, 0.15) is 0 Å². The molecular formula is C8H11ClN2. The van der Waals surface area contributed by atoms with Gasteiger partial charge in [-0.3, -0.25) is 0 Å². The van der Waals surface area contributed by atoms with Crippen molar-refractivity contribution in [3.8, 4) is 0 Å². The summed E-state index contributed by atoms with van der Waals surface area (Å²) in [5, 5.41) is 0. The first-order chi connectivity index (χ1) is 5.25. The first-order valence-corrected chi connectivity index (χ1v) is 3.90. The predicted octanol–water partition coefficient (Wildman–Crippen LogP) is 1.90. The molecule has 0 saturated heterocycles. The molecule has 1 aromatic rings. The van der Waals surface area contributed by atoms with E-state index in [0.717, 1.165) is 11.4 Å². The van der Waals surface area contributed by atoms with E-state index in [0.29, 0.717) is 6.00 Å². The maximum Gasteiger partial charge on any atom is 0.0926 e. The number of benzene rings is 1. The van der Waals surface area contributed by atoms with E-state index in [1.54, 1.807) is 0 Å². The molecule has 0 saturated carbocycles. The molecule has 0 heterocycles. The molecule has 0 spiro atoms. The van der Waals surface area contributed by atoms with Crippen molar-refractivity contribution in [1.29, 1.82) is 0 Å². The zero-order valence-corrected chi connectivity index (χ0v) is 7.17. The van der Waals surface area contributed by atoms with Crippen LogP contribution in [-0.4, -0.2) is 13.1 Å². The lowest BCUT2D eigenvalue weighted by atomic mass is 10.2. The molecule has 0 aliphatic rings. The molecule has 0 aliphatic heterocycles. The first kappa shape index (κ1) is 8.21. The Bertz CT molecular complexity index is 237. The van der Waals surface area contributed by atoms with E-state index >= 15 is 0 Å². The maximum absolute atomic E-state index is 5.70. The highest BCUT2D eigenvalue weighted by Crippen LogP contribution is 2.20. The molecule has 2 nitrogen and oxygen atoms in total. The Morgan fingerprint density at radius 3 is 2.64 bits per heavy atom. The second-order valence-electron chi connectivity index (χ2n) is 2.38. The maximum atomic E-state index is 5.70. The van der Waals surface area contributed by atoms with Crippen molar-refractivity contribution in [2.45, 2.75) is 0 Å². The number of nitrogens with two attached hydrogens (primary N) is 1. The van der Waals surface area contributed by atoms with Crippen LogP contribution < -0.4 is 10.6 Å². The largest absolute Gasteiger partial charge is 0.397 e. The fourth-order valence-electron chi connectivity index (χ4n) is 0.900. The quantitative estimate of drug-likeness (QED) is 0.417. The van der Waals surface area contributed by atoms with Crippen molar-refractivity contribution in [2.75, 3.05) is 23.7 Å². The SMILES string of the molecule is CN(CCl)c1ccccc1N. The van der Waals surface area contributed by atoms with E-state index in [2.05, 4.69) is 0 Å². The molecule has 0 aromatic heterocycles. The molecule has 0 radical (unpaired) electrons. The lowest BCUT2D eigenvalue weighted by molar-refractivity contribution is 1.09. The van der Waals surface area contributed by atoms with Gasteiger partial charge in [0.1, 0.15) is 0 Å². The Labute approximate surface area is 71.6 Å². The van der Waals surface area contributed by atoms with Gasteiger partial charge in [-0.2, -0.15) is 0 Å². The van der Waals surface area contributed by atoms with Crippen LogP contribution >= 0.6 is 11.6 Å². The van der Waals surface area contributed by atoms with Crippen LogP contribution in [0.5, 0.6) is 0 Å². The molecule has 0 bridgehead atoms. The monoisotopic (exact) mass is 170 g/mol. The number of rotatable bonds is 2. The number of hydrogen-bond donors (Lipinski definition) is 1. The molecule has 0 atom stereocenters. The van der Waals surface area contributed by atoms with Gasteiger partial charge in [0, 0.05) is 7.05 Å². The fourth-order valence-corrected chi connectivity index (χ4v) is 1.03. The highest BCUT2D eigenvalue weighted by Gasteiger charge is 2.00. The lowest BCUT2D eigenvalue weighted by Crippen LogP contribution is -2.15. The number of alkyl halides is 1. The van der Waals surface area contributed by atoms with Gasteiger partial charge in [-0.25, -0.2) is 0 Å². The van der Waals surface area contributed by atoms with Gasteiger partial charge in [0.2, 0.25) is 0 Å². The van der Waals surface area contributed by atoms with Crippen LogP contribution in [0.25, 0.3) is 0 Å². The second kappa shape index (κ2) is 3.49. The highest BCUT2D eigenvalue weighted by molar-refractivity contribution is 6.19. The Kier molecular flexibility index (Phi) is 2.60. The molecule has 0 unspecified atom stereocenters. The van der Waals surface area contributed by atoms with Crippen molar-refractivity contribution in [1.82, 2.24) is 0 Å². The average molecular weight is 171 g/mol. The third-order valence-electron chi connectivity index (χ3n) is 1.53. The molecule has 0 fully saturated rings. The molecule has 0 aliphatic carbocycles. The Morgan fingerprint density at radius 2 is 2.09 bits per heavy atom. The Balaban J connectivity index is 2.93. The van der Waals surface area contributed by atoms with Gasteiger partial charge in [-0.05, 0) is 12.1 Å². The number of hydrogen-bond acceptors (Lipinski definition) is 2. The van der Waals surface area contributed by atoms with Gasteiger partial charge >= 0.3 is 0 Å². The summed E-state index contributed by atoms with van der Waals surface area (Å²) in [4.78, 5) is 1.89. The number of para-hydroxylation sites is 2. The lowest BCUT2D eigenvalue weighted by Gasteiger charge is -2.16. The third kappa shape index (κ3) is 1.77. The Morgan fingerprint density at radius 1 is 1.45 bits per heavy atom. The summed E-state index contributed by atoms with van der Waals surface area (Å²) in [6, 6.07) is 8.10. The topological polar surface area (TPSA) is 29.3 Å². The third-order valence-corrected chi connectivity index (χ3v) is 1.89. The summed E-state index contributed by atoms with van der Waals surface area (Å²) in [6.45, 7) is 0. The van der Waals surface area contributed by atoms with E-state index in [1.807, 2.05) is 36.2 Å². The Hall–Kier alpha value is -0.890. The van der Waals surface area contributed by atoms with Gasteiger partial charge in [-0.15, -0.1) is 11.6 Å². The van der Waals surface area contributed by atoms with Crippen molar-refractivity contribution >= 4 is 23.0 Å². The van der Waals surface area contributed by atoms with Gasteiger partial charge in [0.25, 0.3) is 0 Å². The summed E-state index contributed by atoms with van der Waals surface area (Å²) in [6.07, 6.45) is 0. The standard InChI is InChI=1S/C8H11ClN2/c1-11(6-9)8-5-3-2-4-7(8)10/h2-5H,6,10H2,1H3. The normalized spacial score (nSPS) is 9.64. The highest BCUT2D eigenvalue weighted by atomic mass is 35.5. The molecule has 0 amide bonds. The fraction of sp³-hybridized carbons (Fsp3) is 0.250. The van der Waals surface area contributed by atoms with E-state index in [4.69, 9.17) is 17.3 Å². The molecule has 1 rings (SSSR count). The van der Waals surface area contributed by atoms with E-state index < -0.39 is 0 Å². The molecule has 1 aromatic carbocycles. The second-order valence-corrected chi connectivity index (χ2v) is 2.62. The van der Waals surface area contributed by atoms with Crippen LogP contribution in [0.4, 0.5) is 11.4 Å². The minimum atomic E-state index is 0.453. The molecule has 2 N–H and O–H groups in total. The van der Waals surface area contributed by atoms with E-state index in [1.165, 1.54) is 0 Å². The summed E-state index contributed by atoms with van der Waals surface area (Å²) >= 11 is 5.63. The van der Waals surface area contributed by atoms with Gasteiger partial charge in [0.05, 0.1) is 17.4 Å². The predicted molar refractivity (Wildman–Crippen MR) is 50.0 cm³/mol. The number of halogens is 1. The van der Waals surface area contributed by atoms with Crippen LogP contribution in [-0.2, 0) is 0 Å². The first-order valence-electron chi connectivity index (χ1n) is 3.37. The van der Waals surface area contributed by atoms with Gasteiger partial charge in [0.15, 0.2) is 0 Å². The van der Waals surface area contributed by atoms with Crippen LogP contribution in [0.3, 0.4) is 0 Å². The number of nitrogen functional groups attached to an aromatic ring is 1. The molecule has 60 valence electrons. The zero-order chi connectivity index (χ0) is 8.27. The van der Waals surface area contributed by atoms with Crippen molar-refractivity contribution < 1.29 is 0 Å². The van der Waals surface area contributed by atoms with Gasteiger partial charge in [-0.1, -0.05) is 12.1 Å². The zero-order valence-electron chi connectivity index (χ0n) is 6.42. The van der Waals surface area contributed by atoms with Crippen molar-refractivity contribution in [3.63, 3.8) is 0 Å². The van der Waals surface area contributed by atoms with E-state index in [-0.39, 0.29) is 0 Å². The molecule has 3 heteroatoms. The van der Waals surface area contributed by atoms with Crippen LogP contribution in [0.2, 0.25) is 0 Å². The smallest absolute Gasteiger partial charge is 0.0926 e. The van der Waals surface area contributed by atoms with Crippen molar-refractivity contribution in [3.05, 3.63) is 24.3 Å². The number of anilines is 2. The van der Waals surface area contributed by atoms with Crippen molar-refractivity contribution in [2.24, 2.45) is 0 Å². The van der Waals surface area contributed by atoms with Gasteiger partial charge < -0.3 is 10.6 Å². The van der Waals surface area contributed by atoms with E-state index in [9.17, 15) is 0 Å². The number of nitrogens with zero attached hydrogens (tertiary/aromatic N) is 1. The summed E-state index contributed by atoms with van der Waals surface area (Å²) in [5.41, 5.74) is 7.43. The molecule has 11 heavy (non-hydrogen) atoms.